The molecule has 0 amide bonds. The molecule has 20 heavy (non-hydrogen) atoms. The van der Waals surface area contributed by atoms with E-state index in [-0.39, 0.29) is 22.6 Å². The number of carbonyl (C=O) groups is 2. The molecule has 1 aromatic heterocycles. The molecular formula is C15H18NO3S+. The van der Waals surface area contributed by atoms with Crippen molar-refractivity contribution in [2.24, 2.45) is 5.41 Å². The van der Waals surface area contributed by atoms with Crippen LogP contribution in [0.15, 0.2) is 6.07 Å². The second kappa shape index (κ2) is 6.02. The van der Waals surface area contributed by atoms with Crippen molar-refractivity contribution in [2.75, 3.05) is 6.54 Å². The first kappa shape index (κ1) is 16.1. The van der Waals surface area contributed by atoms with E-state index in [1.165, 1.54) is 11.5 Å². The van der Waals surface area contributed by atoms with Crippen LogP contribution in [0.1, 0.15) is 42.2 Å². The van der Waals surface area contributed by atoms with E-state index in [0.717, 1.165) is 11.3 Å². The maximum atomic E-state index is 11.2. The molecule has 1 heterocycles. The topological polar surface area (TPSA) is 57.4 Å². The average molecular weight is 292 g/mol. The summed E-state index contributed by atoms with van der Waals surface area (Å²) in [4.78, 5) is 23.2. The first-order valence-corrected chi connectivity index (χ1v) is 6.89. The van der Waals surface area contributed by atoms with Gasteiger partial charge in [0.2, 0.25) is 12.2 Å². The number of Topliss-reactive ketones (excluding diaryl/α,β-unsaturated/α-hetero) is 1. The van der Waals surface area contributed by atoms with Crippen LogP contribution in [0.5, 0.6) is 0 Å². The fourth-order valence-corrected chi connectivity index (χ4v) is 2.31. The van der Waals surface area contributed by atoms with E-state index >= 15 is 0 Å². The lowest BCUT2D eigenvalue weighted by Gasteiger charge is -2.06. The van der Waals surface area contributed by atoms with Gasteiger partial charge in [-0.3, -0.25) is 4.79 Å². The summed E-state index contributed by atoms with van der Waals surface area (Å²) in [6, 6.07) is 1.67. The molecule has 0 aromatic carbocycles. The Labute approximate surface area is 122 Å². The number of thiophene rings is 1. The molecule has 0 aliphatic rings. The molecule has 0 fully saturated rings. The van der Waals surface area contributed by atoms with Crippen molar-refractivity contribution in [3.05, 3.63) is 15.8 Å². The first-order chi connectivity index (χ1) is 9.10. The van der Waals surface area contributed by atoms with Crippen molar-refractivity contribution >= 4 is 35.5 Å². The molecule has 0 saturated carbocycles. The van der Waals surface area contributed by atoms with E-state index in [0.29, 0.717) is 10.6 Å². The van der Waals surface area contributed by atoms with Gasteiger partial charge in [0, 0.05) is 18.4 Å². The summed E-state index contributed by atoms with van der Waals surface area (Å²) < 4.78 is 1.39. The molecule has 5 heteroatoms. The Balaban J connectivity index is 3.20. The Morgan fingerprint density at radius 3 is 2.50 bits per heavy atom. The normalized spacial score (nSPS) is 10.6. The zero-order chi connectivity index (χ0) is 15.5. The Morgan fingerprint density at radius 2 is 2.05 bits per heavy atom. The average Bonchev–Trinajstić information content (AvgIpc) is 2.68. The summed E-state index contributed by atoms with van der Waals surface area (Å²) >= 11 is 1.10. The van der Waals surface area contributed by atoms with Crippen LogP contribution in [0, 0.1) is 17.3 Å². The van der Waals surface area contributed by atoms with E-state index in [2.05, 4.69) is 18.6 Å². The highest BCUT2D eigenvalue weighted by molar-refractivity contribution is 7.15. The summed E-state index contributed by atoms with van der Waals surface area (Å²) in [7, 11) is 0. The number of ketones is 1. The summed E-state index contributed by atoms with van der Waals surface area (Å²) in [6.45, 7) is 11.2. The predicted molar refractivity (Wildman–Crippen MR) is 80.2 cm³/mol. The first-order valence-electron chi connectivity index (χ1n) is 6.08. The van der Waals surface area contributed by atoms with Gasteiger partial charge in [0.05, 0.1) is 4.88 Å². The smallest absolute Gasteiger partial charge is 0.352 e. The van der Waals surface area contributed by atoms with Gasteiger partial charge in [-0.05, 0) is 20.8 Å². The van der Waals surface area contributed by atoms with Gasteiger partial charge in [-0.1, -0.05) is 11.8 Å². The van der Waals surface area contributed by atoms with Crippen LogP contribution in [-0.2, 0) is 4.79 Å². The van der Waals surface area contributed by atoms with Crippen molar-refractivity contribution in [1.82, 2.24) is 0 Å². The third-order valence-electron chi connectivity index (χ3n) is 2.22. The standard InChI is InChI=1S/C15H17NO3S/c1-10(17)9-16(5)12-8-11(6-7-15(2,3)4)20-13(12)14(18)19/h8H,5,9H2,1-4H3/p+1. The summed E-state index contributed by atoms with van der Waals surface area (Å²) in [5, 5.41) is 9.21. The summed E-state index contributed by atoms with van der Waals surface area (Å²) in [5.41, 5.74) is 0.271. The number of rotatable bonds is 4. The van der Waals surface area contributed by atoms with E-state index in [9.17, 15) is 14.7 Å². The van der Waals surface area contributed by atoms with Gasteiger partial charge in [0.25, 0.3) is 0 Å². The molecule has 1 rings (SSSR count). The Bertz CT molecular complexity index is 624. The maximum Gasteiger partial charge on any atom is 0.352 e. The van der Waals surface area contributed by atoms with Crippen LogP contribution < -0.4 is 0 Å². The monoisotopic (exact) mass is 292 g/mol. The third-order valence-corrected chi connectivity index (χ3v) is 3.25. The Morgan fingerprint density at radius 1 is 1.45 bits per heavy atom. The van der Waals surface area contributed by atoms with Crippen molar-refractivity contribution in [2.45, 2.75) is 27.7 Å². The molecule has 0 aliphatic heterocycles. The fourth-order valence-electron chi connectivity index (χ4n) is 1.43. The number of carboxylic acids is 1. The van der Waals surface area contributed by atoms with Crippen LogP contribution in [0.2, 0.25) is 0 Å². The number of nitrogens with zero attached hydrogens (tertiary/aromatic N) is 1. The fraction of sp³-hybridized carbons (Fsp3) is 0.400. The minimum atomic E-state index is -1.04. The highest BCUT2D eigenvalue weighted by atomic mass is 32.1. The molecule has 0 radical (unpaired) electrons. The highest BCUT2D eigenvalue weighted by Gasteiger charge is 2.23. The molecule has 0 spiro atoms. The number of carbonyl (C=O) groups excluding carboxylic acids is 1. The second-order valence-electron chi connectivity index (χ2n) is 5.53. The number of aromatic carboxylic acids is 1. The van der Waals surface area contributed by atoms with Gasteiger partial charge in [-0.15, -0.1) is 11.3 Å². The van der Waals surface area contributed by atoms with Crippen LogP contribution >= 0.6 is 11.3 Å². The van der Waals surface area contributed by atoms with Crippen LogP contribution in [0.3, 0.4) is 0 Å². The molecule has 0 aliphatic carbocycles. The summed E-state index contributed by atoms with van der Waals surface area (Å²) in [6.07, 6.45) is 0. The molecule has 0 atom stereocenters. The lowest BCUT2D eigenvalue weighted by atomic mass is 9.98. The molecule has 4 nitrogen and oxygen atoms in total. The molecule has 1 N–H and O–H groups in total. The lowest BCUT2D eigenvalue weighted by molar-refractivity contribution is -0.418. The zero-order valence-corrected chi connectivity index (χ0v) is 12.9. The molecular weight excluding hydrogens is 274 g/mol. The van der Waals surface area contributed by atoms with Crippen molar-refractivity contribution in [3.8, 4) is 11.8 Å². The minimum absolute atomic E-state index is 0.0726. The van der Waals surface area contributed by atoms with E-state index in [1.54, 1.807) is 6.07 Å². The van der Waals surface area contributed by atoms with Crippen molar-refractivity contribution < 1.29 is 19.3 Å². The lowest BCUT2D eigenvalue weighted by Crippen LogP contribution is -2.13. The Hall–Kier alpha value is -1.93. The van der Waals surface area contributed by atoms with Crippen molar-refractivity contribution in [3.63, 3.8) is 0 Å². The quantitative estimate of drug-likeness (QED) is 0.527. The maximum absolute atomic E-state index is 11.2. The van der Waals surface area contributed by atoms with Gasteiger partial charge in [-0.2, -0.15) is 4.58 Å². The number of hydrogen-bond donors (Lipinski definition) is 1. The van der Waals surface area contributed by atoms with Gasteiger partial charge < -0.3 is 5.11 Å². The molecule has 1 aromatic rings. The van der Waals surface area contributed by atoms with Crippen LogP contribution in [-0.4, -0.2) is 34.7 Å². The summed E-state index contributed by atoms with van der Waals surface area (Å²) in [5.74, 6) is 4.92. The third kappa shape index (κ3) is 4.63. The number of carboxylic acid groups (broad SMARTS) is 1. The van der Waals surface area contributed by atoms with Crippen LogP contribution in [0.25, 0.3) is 0 Å². The second-order valence-corrected chi connectivity index (χ2v) is 6.58. The van der Waals surface area contributed by atoms with Gasteiger partial charge >= 0.3 is 5.97 Å². The van der Waals surface area contributed by atoms with Crippen molar-refractivity contribution in [1.29, 1.82) is 0 Å². The largest absolute Gasteiger partial charge is 0.477 e. The number of hydrogen-bond acceptors (Lipinski definition) is 3. The van der Waals surface area contributed by atoms with Crippen LogP contribution in [0.4, 0.5) is 5.69 Å². The molecule has 0 unspecified atom stereocenters. The minimum Gasteiger partial charge on any atom is -0.477 e. The molecule has 106 valence electrons. The van der Waals surface area contributed by atoms with Gasteiger partial charge in [0.1, 0.15) is 6.72 Å². The van der Waals surface area contributed by atoms with Gasteiger partial charge in [0.15, 0.2) is 10.7 Å². The van der Waals surface area contributed by atoms with E-state index in [4.69, 9.17) is 0 Å². The predicted octanol–water partition coefficient (Wildman–Crippen LogP) is 2.78. The SMILES string of the molecule is C=[N+](CC(C)=O)c1cc(C#CC(C)(C)C)sc1C(=O)O. The molecule has 0 saturated heterocycles. The highest BCUT2D eigenvalue weighted by Crippen LogP contribution is 2.29. The molecule has 0 bridgehead atoms. The van der Waals surface area contributed by atoms with Gasteiger partial charge in [-0.25, -0.2) is 4.79 Å². The van der Waals surface area contributed by atoms with E-state index < -0.39 is 5.97 Å². The van der Waals surface area contributed by atoms with E-state index in [1.807, 2.05) is 20.8 Å². The Kier molecular flexibility index (Phi) is 4.85. The zero-order valence-electron chi connectivity index (χ0n) is 12.1.